The SMILES string of the molecule is C1=COc2cocc2O1. The highest BCUT2D eigenvalue weighted by atomic mass is 16.6. The van der Waals surface area contributed by atoms with Crippen LogP contribution in [-0.2, 0) is 0 Å². The minimum Gasteiger partial charge on any atom is -0.465 e. The molecular weight excluding hydrogens is 120 g/mol. The van der Waals surface area contributed by atoms with E-state index in [0.717, 1.165) is 0 Å². The third-order valence-electron chi connectivity index (χ3n) is 1.04. The van der Waals surface area contributed by atoms with Gasteiger partial charge >= 0.3 is 0 Å². The van der Waals surface area contributed by atoms with Crippen molar-refractivity contribution >= 4 is 0 Å². The normalized spacial score (nSPS) is 13.8. The van der Waals surface area contributed by atoms with Crippen molar-refractivity contribution in [1.29, 1.82) is 0 Å². The number of hydrogen-bond acceptors (Lipinski definition) is 3. The summed E-state index contributed by atoms with van der Waals surface area (Å²) < 4.78 is 14.7. The number of furan rings is 1. The van der Waals surface area contributed by atoms with Crippen molar-refractivity contribution in [2.24, 2.45) is 0 Å². The van der Waals surface area contributed by atoms with Crippen molar-refractivity contribution in [3.05, 3.63) is 25.1 Å². The molecule has 0 bridgehead atoms. The van der Waals surface area contributed by atoms with E-state index in [1.807, 2.05) is 0 Å². The van der Waals surface area contributed by atoms with Crippen LogP contribution >= 0.6 is 0 Å². The summed E-state index contributed by atoms with van der Waals surface area (Å²) in [4.78, 5) is 0. The Hall–Kier alpha value is -1.38. The van der Waals surface area contributed by atoms with Gasteiger partial charge in [0.15, 0.2) is 0 Å². The number of rotatable bonds is 0. The van der Waals surface area contributed by atoms with Crippen molar-refractivity contribution in [3.63, 3.8) is 0 Å². The molecule has 1 aromatic rings. The van der Waals surface area contributed by atoms with Gasteiger partial charge in [-0.15, -0.1) is 0 Å². The van der Waals surface area contributed by atoms with Crippen LogP contribution in [0.3, 0.4) is 0 Å². The molecule has 1 aromatic heterocycles. The van der Waals surface area contributed by atoms with Gasteiger partial charge in [0.05, 0.1) is 0 Å². The standard InChI is InChI=1S/C6H4O3/c1-2-9-6-4-7-3-5(6)8-1/h1-4H. The molecule has 0 aromatic carbocycles. The van der Waals surface area contributed by atoms with Crippen LogP contribution in [0.1, 0.15) is 0 Å². The highest BCUT2D eigenvalue weighted by Gasteiger charge is 2.08. The number of hydrogen-bond donors (Lipinski definition) is 0. The summed E-state index contributed by atoms with van der Waals surface area (Å²) in [5.41, 5.74) is 0. The second-order valence-electron chi connectivity index (χ2n) is 1.61. The lowest BCUT2D eigenvalue weighted by Crippen LogP contribution is -1.91. The summed E-state index contributed by atoms with van der Waals surface area (Å²) in [7, 11) is 0. The Labute approximate surface area is 51.5 Å². The molecule has 0 amide bonds. The third kappa shape index (κ3) is 0.579. The Morgan fingerprint density at radius 3 is 2.00 bits per heavy atom. The Morgan fingerprint density at radius 2 is 1.44 bits per heavy atom. The molecule has 0 fully saturated rings. The minimum atomic E-state index is 0.623. The second kappa shape index (κ2) is 1.55. The molecule has 0 saturated carbocycles. The summed E-state index contributed by atoms with van der Waals surface area (Å²) in [6.45, 7) is 0. The van der Waals surface area contributed by atoms with Crippen molar-refractivity contribution in [2.45, 2.75) is 0 Å². The molecule has 0 saturated heterocycles. The van der Waals surface area contributed by atoms with E-state index >= 15 is 0 Å². The van der Waals surface area contributed by atoms with E-state index in [0.29, 0.717) is 11.5 Å². The highest BCUT2D eigenvalue weighted by molar-refractivity contribution is 5.37. The Balaban J connectivity index is 2.46. The first-order valence-corrected chi connectivity index (χ1v) is 2.51. The molecule has 0 atom stereocenters. The molecule has 3 heteroatoms. The molecule has 9 heavy (non-hydrogen) atoms. The van der Waals surface area contributed by atoms with E-state index in [1.54, 1.807) is 0 Å². The average molecular weight is 124 g/mol. The van der Waals surface area contributed by atoms with Crippen molar-refractivity contribution in [1.82, 2.24) is 0 Å². The molecule has 0 unspecified atom stereocenters. The molecule has 3 nitrogen and oxygen atoms in total. The summed E-state index contributed by atoms with van der Waals surface area (Å²) >= 11 is 0. The fraction of sp³-hybridized carbons (Fsp3) is 0. The highest BCUT2D eigenvalue weighted by Crippen LogP contribution is 2.30. The van der Waals surface area contributed by atoms with E-state index in [4.69, 9.17) is 13.9 Å². The lowest BCUT2D eigenvalue weighted by Gasteiger charge is -2.03. The first-order chi connectivity index (χ1) is 4.47. The molecule has 1 aliphatic heterocycles. The summed E-state index contributed by atoms with van der Waals surface area (Å²) in [5.74, 6) is 1.25. The number of fused-ring (bicyclic) bond motifs is 1. The van der Waals surface area contributed by atoms with Gasteiger partial charge in [-0.1, -0.05) is 0 Å². The van der Waals surface area contributed by atoms with Gasteiger partial charge in [0, 0.05) is 0 Å². The smallest absolute Gasteiger partial charge is 0.207 e. The van der Waals surface area contributed by atoms with Gasteiger partial charge in [-0.05, 0) is 0 Å². The van der Waals surface area contributed by atoms with Gasteiger partial charge in [0.1, 0.15) is 25.1 Å². The molecule has 46 valence electrons. The zero-order valence-electron chi connectivity index (χ0n) is 4.53. The molecule has 0 aliphatic carbocycles. The molecule has 0 spiro atoms. The lowest BCUT2D eigenvalue weighted by atomic mass is 10.5. The maximum atomic E-state index is 4.96. The van der Waals surface area contributed by atoms with Gasteiger partial charge in [-0.25, -0.2) is 0 Å². The molecule has 2 heterocycles. The van der Waals surface area contributed by atoms with Crippen LogP contribution in [0.5, 0.6) is 11.5 Å². The fourth-order valence-electron chi connectivity index (χ4n) is 0.648. The summed E-state index contributed by atoms with van der Waals surface area (Å²) in [5, 5.41) is 0. The van der Waals surface area contributed by atoms with Gasteiger partial charge in [-0.3, -0.25) is 0 Å². The van der Waals surface area contributed by atoms with Crippen LogP contribution in [0.2, 0.25) is 0 Å². The van der Waals surface area contributed by atoms with E-state index in [1.165, 1.54) is 25.1 Å². The van der Waals surface area contributed by atoms with Crippen LogP contribution in [-0.4, -0.2) is 0 Å². The topological polar surface area (TPSA) is 31.6 Å². The Bertz CT molecular complexity index is 214. The maximum absolute atomic E-state index is 4.96. The van der Waals surface area contributed by atoms with E-state index in [-0.39, 0.29) is 0 Å². The molecular formula is C6H4O3. The van der Waals surface area contributed by atoms with Crippen molar-refractivity contribution < 1.29 is 13.9 Å². The van der Waals surface area contributed by atoms with E-state index in [9.17, 15) is 0 Å². The van der Waals surface area contributed by atoms with Crippen molar-refractivity contribution in [3.8, 4) is 11.5 Å². The zero-order valence-corrected chi connectivity index (χ0v) is 4.53. The molecule has 1 aliphatic rings. The maximum Gasteiger partial charge on any atom is 0.207 e. The summed E-state index contributed by atoms with van der Waals surface area (Å²) in [6.07, 6.45) is 5.88. The van der Waals surface area contributed by atoms with E-state index in [2.05, 4.69) is 0 Å². The first kappa shape index (κ1) is 4.49. The lowest BCUT2D eigenvalue weighted by molar-refractivity contribution is 0.365. The fourth-order valence-corrected chi connectivity index (χ4v) is 0.648. The van der Waals surface area contributed by atoms with Crippen LogP contribution in [0, 0.1) is 0 Å². The molecule has 0 radical (unpaired) electrons. The quantitative estimate of drug-likeness (QED) is 0.525. The van der Waals surface area contributed by atoms with Crippen LogP contribution in [0.15, 0.2) is 29.5 Å². The second-order valence-corrected chi connectivity index (χ2v) is 1.61. The van der Waals surface area contributed by atoms with Crippen LogP contribution in [0.25, 0.3) is 0 Å². The predicted molar refractivity (Wildman–Crippen MR) is 29.1 cm³/mol. The minimum absolute atomic E-state index is 0.623. The van der Waals surface area contributed by atoms with Gasteiger partial charge < -0.3 is 13.9 Å². The van der Waals surface area contributed by atoms with Crippen molar-refractivity contribution in [2.75, 3.05) is 0 Å². The number of ether oxygens (including phenoxy) is 2. The van der Waals surface area contributed by atoms with Crippen LogP contribution < -0.4 is 9.47 Å². The van der Waals surface area contributed by atoms with E-state index < -0.39 is 0 Å². The monoisotopic (exact) mass is 124 g/mol. The van der Waals surface area contributed by atoms with Gasteiger partial charge in [-0.2, -0.15) is 0 Å². The largest absolute Gasteiger partial charge is 0.465 e. The Morgan fingerprint density at radius 1 is 0.889 bits per heavy atom. The summed E-state index contributed by atoms with van der Waals surface area (Å²) in [6, 6.07) is 0. The first-order valence-electron chi connectivity index (χ1n) is 2.51. The average Bonchev–Trinajstić information content (AvgIpc) is 2.33. The molecule has 2 rings (SSSR count). The van der Waals surface area contributed by atoms with Gasteiger partial charge in [0.25, 0.3) is 0 Å². The zero-order chi connectivity index (χ0) is 6.10. The Kier molecular flexibility index (Phi) is 0.773. The van der Waals surface area contributed by atoms with Crippen LogP contribution in [0.4, 0.5) is 0 Å². The third-order valence-corrected chi connectivity index (χ3v) is 1.04. The predicted octanol–water partition coefficient (Wildman–Crippen LogP) is 1.52. The van der Waals surface area contributed by atoms with Gasteiger partial charge in [0.2, 0.25) is 11.5 Å². The molecule has 0 N–H and O–H groups in total.